The second-order valence-corrected chi connectivity index (χ2v) is 7.02. The van der Waals surface area contributed by atoms with Gasteiger partial charge in [-0.05, 0) is 37.8 Å². The summed E-state index contributed by atoms with van der Waals surface area (Å²) in [5.74, 6) is 0.986. The molecule has 2 amide bonds. The topological polar surface area (TPSA) is 40.6 Å². The van der Waals surface area contributed by atoms with Gasteiger partial charge < -0.3 is 9.80 Å². The minimum absolute atomic E-state index is 0.0733. The molecule has 2 heterocycles. The highest BCUT2D eigenvalue weighted by atomic mass is 32.1. The third-order valence-corrected chi connectivity index (χ3v) is 4.99. The van der Waals surface area contributed by atoms with Crippen LogP contribution >= 0.6 is 11.3 Å². The molecule has 0 aromatic carbocycles. The van der Waals surface area contributed by atoms with E-state index >= 15 is 0 Å². The predicted octanol–water partition coefficient (Wildman–Crippen LogP) is 2.14. The molecule has 1 saturated heterocycles. The van der Waals surface area contributed by atoms with E-state index in [1.54, 1.807) is 0 Å². The van der Waals surface area contributed by atoms with Gasteiger partial charge in [-0.25, -0.2) is 0 Å². The van der Waals surface area contributed by atoms with Crippen LogP contribution in [0.25, 0.3) is 0 Å². The Labute approximate surface area is 123 Å². The number of aryl methyl sites for hydroxylation is 1. The van der Waals surface area contributed by atoms with Gasteiger partial charge in [0.25, 0.3) is 5.91 Å². The van der Waals surface area contributed by atoms with E-state index in [-0.39, 0.29) is 11.8 Å². The van der Waals surface area contributed by atoms with Crippen molar-refractivity contribution >= 4 is 23.2 Å². The van der Waals surface area contributed by atoms with E-state index in [4.69, 9.17) is 0 Å². The monoisotopic (exact) mass is 292 g/mol. The molecule has 0 unspecified atom stereocenters. The van der Waals surface area contributed by atoms with Crippen LogP contribution in [0.5, 0.6) is 0 Å². The highest BCUT2D eigenvalue weighted by Gasteiger charge is 2.30. The summed E-state index contributed by atoms with van der Waals surface area (Å²) in [4.78, 5) is 30.2. The number of hydrogen-bond acceptors (Lipinski definition) is 3. The highest BCUT2D eigenvalue weighted by molar-refractivity contribution is 7.13. The Morgan fingerprint density at radius 1 is 1.30 bits per heavy atom. The molecule has 2 aliphatic rings. The van der Waals surface area contributed by atoms with E-state index in [2.05, 4.69) is 0 Å². The molecule has 108 valence electrons. The zero-order valence-corrected chi connectivity index (χ0v) is 12.6. The molecule has 0 bridgehead atoms. The molecule has 0 radical (unpaired) electrons. The van der Waals surface area contributed by atoms with E-state index in [1.165, 1.54) is 24.2 Å². The van der Waals surface area contributed by atoms with Crippen molar-refractivity contribution < 1.29 is 9.59 Å². The van der Waals surface area contributed by atoms with Crippen molar-refractivity contribution in [2.24, 2.45) is 5.92 Å². The molecule has 1 aromatic rings. The van der Waals surface area contributed by atoms with Gasteiger partial charge in [-0.1, -0.05) is 0 Å². The van der Waals surface area contributed by atoms with Crippen LogP contribution in [-0.4, -0.2) is 47.8 Å². The van der Waals surface area contributed by atoms with Gasteiger partial charge in [-0.15, -0.1) is 11.3 Å². The fourth-order valence-corrected chi connectivity index (χ4v) is 3.42. The third kappa shape index (κ3) is 3.03. The molecule has 0 atom stereocenters. The van der Waals surface area contributed by atoms with Gasteiger partial charge in [0.15, 0.2) is 0 Å². The number of carbonyl (C=O) groups excluding carboxylic acids is 2. The quantitative estimate of drug-likeness (QED) is 0.856. The van der Waals surface area contributed by atoms with Crippen LogP contribution in [0, 0.1) is 12.8 Å². The van der Waals surface area contributed by atoms with Crippen LogP contribution in [0.2, 0.25) is 0 Å². The molecule has 1 aromatic heterocycles. The van der Waals surface area contributed by atoms with Crippen molar-refractivity contribution in [3.8, 4) is 0 Å². The number of carbonyl (C=O) groups is 2. The first-order valence-corrected chi connectivity index (χ1v) is 8.08. The number of thiophene rings is 1. The fraction of sp³-hybridized carbons (Fsp3) is 0.600. The Kier molecular flexibility index (Phi) is 3.78. The van der Waals surface area contributed by atoms with E-state index in [0.717, 1.165) is 16.3 Å². The van der Waals surface area contributed by atoms with Gasteiger partial charge >= 0.3 is 0 Å². The Bertz CT molecular complexity index is 522. The van der Waals surface area contributed by atoms with Gasteiger partial charge in [0.05, 0.1) is 4.88 Å². The molecular formula is C15H20N2O2S. The van der Waals surface area contributed by atoms with E-state index in [1.807, 2.05) is 28.9 Å². The van der Waals surface area contributed by atoms with Crippen molar-refractivity contribution in [3.05, 3.63) is 21.9 Å². The van der Waals surface area contributed by atoms with Crippen LogP contribution in [0.1, 0.15) is 33.8 Å². The lowest BCUT2D eigenvalue weighted by atomic mass is 10.3. The van der Waals surface area contributed by atoms with Gasteiger partial charge in [-0.2, -0.15) is 0 Å². The van der Waals surface area contributed by atoms with Gasteiger partial charge in [0.1, 0.15) is 0 Å². The van der Waals surface area contributed by atoms with Crippen LogP contribution in [-0.2, 0) is 4.79 Å². The number of hydrogen-bond donors (Lipinski definition) is 0. The maximum atomic E-state index is 12.4. The molecule has 1 saturated carbocycles. The minimum Gasteiger partial charge on any atom is -0.341 e. The summed E-state index contributed by atoms with van der Waals surface area (Å²) in [6, 6.07) is 3.86. The van der Waals surface area contributed by atoms with Crippen molar-refractivity contribution in [2.45, 2.75) is 26.2 Å². The molecule has 3 rings (SSSR count). The first-order valence-electron chi connectivity index (χ1n) is 7.27. The average Bonchev–Trinajstić information content (AvgIpc) is 3.18. The Morgan fingerprint density at radius 2 is 2.10 bits per heavy atom. The second-order valence-electron chi connectivity index (χ2n) is 5.74. The largest absolute Gasteiger partial charge is 0.341 e. The molecule has 20 heavy (non-hydrogen) atoms. The van der Waals surface area contributed by atoms with Crippen LogP contribution in [0.15, 0.2) is 12.1 Å². The maximum Gasteiger partial charge on any atom is 0.264 e. The number of amides is 2. The normalized spacial score (nSPS) is 20.1. The molecule has 0 spiro atoms. The molecule has 2 fully saturated rings. The first-order chi connectivity index (χ1) is 9.63. The number of nitrogens with zero attached hydrogens (tertiary/aromatic N) is 2. The summed E-state index contributed by atoms with van der Waals surface area (Å²) >= 11 is 1.53. The molecule has 1 aliphatic heterocycles. The Morgan fingerprint density at radius 3 is 2.75 bits per heavy atom. The average molecular weight is 292 g/mol. The molecule has 1 aliphatic carbocycles. The van der Waals surface area contributed by atoms with E-state index in [0.29, 0.717) is 32.0 Å². The summed E-state index contributed by atoms with van der Waals surface area (Å²) in [5, 5.41) is 0. The number of rotatable bonds is 3. The summed E-state index contributed by atoms with van der Waals surface area (Å²) < 4.78 is 0. The summed E-state index contributed by atoms with van der Waals surface area (Å²) in [6.45, 7) is 4.79. The summed E-state index contributed by atoms with van der Waals surface area (Å²) in [7, 11) is 0. The van der Waals surface area contributed by atoms with Gasteiger partial charge in [0, 0.05) is 37.5 Å². The van der Waals surface area contributed by atoms with Gasteiger partial charge in [-0.3, -0.25) is 9.59 Å². The third-order valence-electron chi connectivity index (χ3n) is 4.00. The van der Waals surface area contributed by atoms with E-state index < -0.39 is 0 Å². The zero-order chi connectivity index (χ0) is 14.1. The standard InChI is InChI=1S/C15H20N2O2S/c1-11-2-5-13(20-11)15(19)16-7-6-14(18)17(9-8-16)10-12-3-4-12/h2,5,12H,3-4,6-10H2,1H3. The van der Waals surface area contributed by atoms with Crippen molar-refractivity contribution in [3.63, 3.8) is 0 Å². The first kappa shape index (κ1) is 13.6. The lowest BCUT2D eigenvalue weighted by molar-refractivity contribution is -0.130. The highest BCUT2D eigenvalue weighted by Crippen LogP contribution is 2.30. The van der Waals surface area contributed by atoms with Crippen molar-refractivity contribution in [1.29, 1.82) is 0 Å². The molecular weight excluding hydrogens is 272 g/mol. The van der Waals surface area contributed by atoms with Crippen molar-refractivity contribution in [1.82, 2.24) is 9.80 Å². The summed E-state index contributed by atoms with van der Waals surface area (Å²) in [6.07, 6.45) is 2.96. The van der Waals surface area contributed by atoms with E-state index in [9.17, 15) is 9.59 Å². The Hall–Kier alpha value is -1.36. The van der Waals surface area contributed by atoms with Crippen LogP contribution in [0.4, 0.5) is 0 Å². The lowest BCUT2D eigenvalue weighted by Gasteiger charge is -2.21. The zero-order valence-electron chi connectivity index (χ0n) is 11.8. The second kappa shape index (κ2) is 5.56. The maximum absolute atomic E-state index is 12.4. The lowest BCUT2D eigenvalue weighted by Crippen LogP contribution is -2.36. The van der Waals surface area contributed by atoms with Crippen molar-refractivity contribution in [2.75, 3.05) is 26.2 Å². The molecule has 5 heteroatoms. The fourth-order valence-electron chi connectivity index (χ4n) is 2.58. The predicted molar refractivity (Wildman–Crippen MR) is 78.9 cm³/mol. The smallest absolute Gasteiger partial charge is 0.264 e. The minimum atomic E-state index is 0.0733. The van der Waals surface area contributed by atoms with Crippen LogP contribution < -0.4 is 0 Å². The summed E-state index contributed by atoms with van der Waals surface area (Å²) in [5.41, 5.74) is 0. The molecule has 0 N–H and O–H groups in total. The molecule has 4 nitrogen and oxygen atoms in total. The SMILES string of the molecule is Cc1ccc(C(=O)N2CCC(=O)N(CC3CC3)CC2)s1. The van der Waals surface area contributed by atoms with Crippen LogP contribution in [0.3, 0.4) is 0 Å². The van der Waals surface area contributed by atoms with Gasteiger partial charge in [0.2, 0.25) is 5.91 Å². The Balaban J connectivity index is 1.63.